The third-order valence-electron chi connectivity index (χ3n) is 6.54. The van der Waals surface area contributed by atoms with Gasteiger partial charge in [0.2, 0.25) is 5.91 Å². The highest BCUT2D eigenvalue weighted by atomic mass is 16.2. The van der Waals surface area contributed by atoms with E-state index in [9.17, 15) is 14.4 Å². The number of fused-ring (bicyclic) bond motifs is 1. The number of H-pyrrole nitrogens is 1. The van der Waals surface area contributed by atoms with Crippen LogP contribution in [0.4, 0.5) is 0 Å². The van der Waals surface area contributed by atoms with Crippen LogP contribution < -0.4 is 11.2 Å². The lowest BCUT2D eigenvalue weighted by Gasteiger charge is -2.32. The zero-order valence-corrected chi connectivity index (χ0v) is 18.3. The van der Waals surface area contributed by atoms with Gasteiger partial charge >= 0.3 is 5.69 Å². The Balaban J connectivity index is 1.27. The van der Waals surface area contributed by atoms with Gasteiger partial charge in [-0.2, -0.15) is 0 Å². The van der Waals surface area contributed by atoms with Crippen LogP contribution >= 0.6 is 0 Å². The Bertz CT molecular complexity index is 1390. The Morgan fingerprint density at radius 3 is 2.45 bits per heavy atom. The van der Waals surface area contributed by atoms with E-state index < -0.39 is 11.2 Å². The Morgan fingerprint density at radius 1 is 0.939 bits per heavy atom. The first-order chi connectivity index (χ1) is 16.1. The number of rotatable bonds is 5. The molecule has 1 N–H and O–H groups in total. The summed E-state index contributed by atoms with van der Waals surface area (Å²) >= 11 is 0. The van der Waals surface area contributed by atoms with Crippen molar-refractivity contribution in [1.29, 1.82) is 0 Å². The molecule has 0 aliphatic carbocycles. The summed E-state index contributed by atoms with van der Waals surface area (Å²) in [6.07, 6.45) is 5.28. The predicted molar refractivity (Wildman–Crippen MR) is 127 cm³/mol. The number of para-hydroxylation sites is 1. The van der Waals surface area contributed by atoms with E-state index in [4.69, 9.17) is 0 Å². The van der Waals surface area contributed by atoms with E-state index in [-0.39, 0.29) is 12.5 Å². The number of hydrogen-bond acceptors (Lipinski definition) is 3. The predicted octanol–water partition coefficient (Wildman–Crippen LogP) is 2.95. The second-order valence-corrected chi connectivity index (χ2v) is 8.58. The Hall–Kier alpha value is -3.87. The van der Waals surface area contributed by atoms with E-state index in [1.165, 1.54) is 27.8 Å². The number of nitrogens with one attached hydrogen (secondary N) is 1. The fraction of sp³-hybridized carbons (Fsp3) is 0.269. The number of carbonyl (C=O) groups excluding carboxylic acids is 1. The molecule has 1 aliphatic heterocycles. The van der Waals surface area contributed by atoms with Crippen molar-refractivity contribution >= 4 is 16.8 Å². The number of nitrogens with zero attached hydrogens (tertiary/aromatic N) is 3. The molecule has 168 valence electrons. The minimum atomic E-state index is -0.464. The van der Waals surface area contributed by atoms with Gasteiger partial charge in [0.05, 0.1) is 6.54 Å². The first-order valence-electron chi connectivity index (χ1n) is 11.3. The summed E-state index contributed by atoms with van der Waals surface area (Å²) in [5.74, 6) is 0.191. The molecular formula is C26H26N4O3. The quantitative estimate of drug-likeness (QED) is 0.516. The number of aromatic amines is 1. The van der Waals surface area contributed by atoms with Crippen LogP contribution in [0.3, 0.4) is 0 Å². The van der Waals surface area contributed by atoms with Gasteiger partial charge in [0.15, 0.2) is 0 Å². The average Bonchev–Trinajstić information content (AvgIpc) is 3.28. The number of amides is 1. The molecule has 1 saturated heterocycles. The molecular weight excluding hydrogens is 416 g/mol. The van der Waals surface area contributed by atoms with Gasteiger partial charge < -0.3 is 9.88 Å². The van der Waals surface area contributed by atoms with E-state index in [1.54, 1.807) is 4.90 Å². The molecule has 0 atom stereocenters. The lowest BCUT2D eigenvalue weighted by atomic mass is 9.89. The molecule has 1 aliphatic rings. The number of hydrogen-bond donors (Lipinski definition) is 1. The van der Waals surface area contributed by atoms with Crippen molar-refractivity contribution in [1.82, 2.24) is 19.0 Å². The van der Waals surface area contributed by atoms with Crippen LogP contribution in [0.5, 0.6) is 0 Å². The Labute approximate surface area is 190 Å². The van der Waals surface area contributed by atoms with E-state index in [2.05, 4.69) is 23.3 Å². The summed E-state index contributed by atoms with van der Waals surface area (Å²) in [5, 5.41) is 1.23. The maximum absolute atomic E-state index is 13.0. The van der Waals surface area contributed by atoms with Crippen LogP contribution in [0.1, 0.15) is 29.9 Å². The van der Waals surface area contributed by atoms with Crippen molar-refractivity contribution < 1.29 is 4.79 Å². The lowest BCUT2D eigenvalue weighted by molar-refractivity contribution is -0.133. The normalized spacial score (nSPS) is 14.6. The van der Waals surface area contributed by atoms with Gasteiger partial charge in [0, 0.05) is 42.5 Å². The number of carbonyl (C=O) groups is 1. The molecule has 1 fully saturated rings. The molecule has 0 saturated carbocycles. The summed E-state index contributed by atoms with van der Waals surface area (Å²) in [4.78, 5) is 43.3. The third kappa shape index (κ3) is 4.26. The molecule has 2 aromatic carbocycles. The van der Waals surface area contributed by atoms with Gasteiger partial charge in [-0.05, 0) is 36.0 Å². The highest BCUT2D eigenvalue weighted by molar-refractivity contribution is 5.83. The first kappa shape index (κ1) is 21.0. The van der Waals surface area contributed by atoms with Crippen LogP contribution in [-0.2, 0) is 17.9 Å². The first-order valence-corrected chi connectivity index (χ1v) is 11.3. The summed E-state index contributed by atoms with van der Waals surface area (Å²) in [6.45, 7) is 1.35. The lowest BCUT2D eigenvalue weighted by Crippen LogP contribution is -2.46. The highest BCUT2D eigenvalue weighted by Gasteiger charge is 2.26. The molecule has 0 radical (unpaired) electrons. The fourth-order valence-electron chi connectivity index (χ4n) is 4.71. The smallest absolute Gasteiger partial charge is 0.331 e. The molecule has 0 bridgehead atoms. The average molecular weight is 443 g/mol. The van der Waals surface area contributed by atoms with E-state index in [0.29, 0.717) is 25.6 Å². The summed E-state index contributed by atoms with van der Waals surface area (Å²) in [7, 11) is 0. The van der Waals surface area contributed by atoms with Crippen molar-refractivity contribution in [2.24, 2.45) is 0 Å². The van der Waals surface area contributed by atoms with Gasteiger partial charge in [0.1, 0.15) is 6.54 Å². The van der Waals surface area contributed by atoms with Gasteiger partial charge in [-0.3, -0.25) is 18.7 Å². The minimum Gasteiger partial charge on any atom is -0.361 e. The molecule has 1 amide bonds. The molecule has 5 rings (SSSR count). The molecule has 4 aromatic rings. The number of piperidine rings is 1. The Morgan fingerprint density at radius 2 is 1.67 bits per heavy atom. The molecule has 7 nitrogen and oxygen atoms in total. The van der Waals surface area contributed by atoms with Crippen LogP contribution in [0.2, 0.25) is 0 Å². The van der Waals surface area contributed by atoms with Crippen molar-refractivity contribution in [3.8, 4) is 0 Å². The van der Waals surface area contributed by atoms with Gasteiger partial charge in [-0.1, -0.05) is 48.5 Å². The zero-order valence-electron chi connectivity index (χ0n) is 18.3. The Kier molecular flexibility index (Phi) is 5.69. The molecule has 3 heterocycles. The van der Waals surface area contributed by atoms with E-state index in [1.807, 2.05) is 42.5 Å². The second-order valence-electron chi connectivity index (χ2n) is 8.58. The largest absolute Gasteiger partial charge is 0.361 e. The highest BCUT2D eigenvalue weighted by Crippen LogP contribution is 2.33. The van der Waals surface area contributed by atoms with Crippen molar-refractivity contribution in [2.45, 2.75) is 31.8 Å². The molecule has 0 unspecified atom stereocenters. The second kappa shape index (κ2) is 8.94. The third-order valence-corrected chi connectivity index (χ3v) is 6.54. The van der Waals surface area contributed by atoms with Crippen LogP contribution in [-0.4, -0.2) is 38.0 Å². The number of benzene rings is 2. The van der Waals surface area contributed by atoms with E-state index >= 15 is 0 Å². The molecule has 7 heteroatoms. The molecule has 0 spiro atoms. The fourth-order valence-corrected chi connectivity index (χ4v) is 4.71. The standard InChI is InChI=1S/C26H26N4O3/c31-24-12-15-29(17-19-6-2-1-3-7-19)26(33)30(24)18-25(32)28-13-10-20(11-14-28)22-16-27-23-9-5-4-8-21(22)23/h1-9,12,15-16,20,27H,10-11,13-14,17-18H2. The van der Waals surface area contributed by atoms with Crippen LogP contribution in [0.25, 0.3) is 10.9 Å². The van der Waals surface area contributed by atoms with Crippen LogP contribution in [0, 0.1) is 0 Å². The maximum atomic E-state index is 13.0. The van der Waals surface area contributed by atoms with Crippen molar-refractivity contribution in [3.05, 3.63) is 105 Å². The van der Waals surface area contributed by atoms with Crippen molar-refractivity contribution in [3.63, 3.8) is 0 Å². The maximum Gasteiger partial charge on any atom is 0.331 e. The molecule has 33 heavy (non-hydrogen) atoms. The summed E-state index contributed by atoms with van der Waals surface area (Å²) in [5.41, 5.74) is 2.46. The monoisotopic (exact) mass is 442 g/mol. The summed E-state index contributed by atoms with van der Waals surface area (Å²) < 4.78 is 2.50. The van der Waals surface area contributed by atoms with Gasteiger partial charge in [0.25, 0.3) is 5.56 Å². The van der Waals surface area contributed by atoms with E-state index in [0.717, 1.165) is 28.5 Å². The minimum absolute atomic E-state index is 0.191. The van der Waals surface area contributed by atoms with Gasteiger partial charge in [-0.15, -0.1) is 0 Å². The topological polar surface area (TPSA) is 80.1 Å². The summed E-state index contributed by atoms with van der Waals surface area (Å²) in [6, 6.07) is 19.2. The van der Waals surface area contributed by atoms with Crippen LogP contribution in [0.15, 0.2) is 82.6 Å². The number of aromatic nitrogens is 3. The zero-order chi connectivity index (χ0) is 22.8. The van der Waals surface area contributed by atoms with Gasteiger partial charge in [-0.25, -0.2) is 4.79 Å². The number of likely N-dealkylation sites (tertiary alicyclic amines) is 1. The SMILES string of the molecule is O=C(Cn1c(=O)ccn(Cc2ccccc2)c1=O)N1CCC(c2c[nH]c3ccccc23)CC1. The van der Waals surface area contributed by atoms with Crippen molar-refractivity contribution in [2.75, 3.05) is 13.1 Å². The molecule has 2 aromatic heterocycles.